The summed E-state index contributed by atoms with van der Waals surface area (Å²) in [6.45, 7) is 0. The van der Waals surface area contributed by atoms with Gasteiger partial charge in [0, 0.05) is 4.70 Å². The molecule has 0 saturated carbocycles. The van der Waals surface area contributed by atoms with Gasteiger partial charge < -0.3 is 5.73 Å². The van der Waals surface area contributed by atoms with Gasteiger partial charge in [0.15, 0.2) is 5.84 Å². The first-order valence-electron chi connectivity index (χ1n) is 4.76. The van der Waals surface area contributed by atoms with Crippen LogP contribution < -0.4 is 11.2 Å². The number of anilines is 1. The van der Waals surface area contributed by atoms with E-state index in [4.69, 9.17) is 16.4 Å². The molecule has 6 heteroatoms. The SMILES string of the molecule is N#C/C(=N\Nc1ccc2ccsc2c1)C(=N)N. The van der Waals surface area contributed by atoms with Crippen LogP contribution in [0.3, 0.4) is 0 Å². The highest BCUT2D eigenvalue weighted by Crippen LogP contribution is 2.24. The zero-order valence-corrected chi connectivity index (χ0v) is 9.58. The topological polar surface area (TPSA) is 98.0 Å². The van der Waals surface area contributed by atoms with E-state index in [-0.39, 0.29) is 11.5 Å². The molecular formula is C11H9N5S. The second kappa shape index (κ2) is 4.63. The summed E-state index contributed by atoms with van der Waals surface area (Å²) in [7, 11) is 0. The Morgan fingerprint density at radius 3 is 3.00 bits per heavy atom. The number of fused-ring (bicyclic) bond motifs is 1. The Hall–Kier alpha value is -2.39. The Morgan fingerprint density at radius 1 is 1.47 bits per heavy atom. The number of amidine groups is 1. The first-order valence-corrected chi connectivity index (χ1v) is 5.64. The molecule has 0 spiro atoms. The van der Waals surface area contributed by atoms with E-state index in [2.05, 4.69) is 10.5 Å². The predicted octanol–water partition coefficient (Wildman–Crippen LogP) is 2.13. The third-order valence-corrected chi connectivity index (χ3v) is 2.99. The summed E-state index contributed by atoms with van der Waals surface area (Å²) < 4.78 is 1.13. The molecule has 4 N–H and O–H groups in total. The second-order valence-electron chi connectivity index (χ2n) is 3.27. The van der Waals surface area contributed by atoms with Crippen LogP contribution in [0.1, 0.15) is 0 Å². The maximum Gasteiger partial charge on any atom is 0.201 e. The van der Waals surface area contributed by atoms with Gasteiger partial charge in [-0.3, -0.25) is 10.8 Å². The molecule has 0 aliphatic carbocycles. The number of hydrazone groups is 1. The van der Waals surface area contributed by atoms with E-state index < -0.39 is 0 Å². The number of benzene rings is 1. The van der Waals surface area contributed by atoms with Crippen molar-refractivity contribution in [3.8, 4) is 6.07 Å². The first-order chi connectivity index (χ1) is 8.20. The molecule has 0 radical (unpaired) electrons. The molecule has 2 aromatic rings. The van der Waals surface area contributed by atoms with Crippen molar-refractivity contribution in [1.82, 2.24) is 0 Å². The Labute approximate surface area is 102 Å². The Bertz CT molecular complexity index is 635. The zero-order valence-electron chi connectivity index (χ0n) is 8.77. The van der Waals surface area contributed by atoms with Crippen molar-refractivity contribution in [3.63, 3.8) is 0 Å². The van der Waals surface area contributed by atoms with Crippen molar-refractivity contribution < 1.29 is 0 Å². The van der Waals surface area contributed by atoms with Crippen LogP contribution >= 0.6 is 11.3 Å². The number of rotatable bonds is 3. The van der Waals surface area contributed by atoms with Crippen LogP contribution in [0.4, 0.5) is 5.69 Å². The summed E-state index contributed by atoms with van der Waals surface area (Å²) in [6.07, 6.45) is 0. The summed E-state index contributed by atoms with van der Waals surface area (Å²) in [5, 5.41) is 22.7. The molecule has 0 aliphatic heterocycles. The van der Waals surface area contributed by atoms with Gasteiger partial charge in [-0.2, -0.15) is 10.4 Å². The van der Waals surface area contributed by atoms with Crippen LogP contribution in [-0.4, -0.2) is 11.5 Å². The smallest absolute Gasteiger partial charge is 0.201 e. The Kier molecular flexibility index (Phi) is 3.03. The van der Waals surface area contributed by atoms with E-state index in [1.54, 1.807) is 17.4 Å². The minimum atomic E-state index is -0.350. The van der Waals surface area contributed by atoms with Gasteiger partial charge in [-0.1, -0.05) is 6.07 Å². The monoisotopic (exact) mass is 243 g/mol. The fraction of sp³-hybridized carbons (Fsp3) is 0. The predicted molar refractivity (Wildman–Crippen MR) is 70.4 cm³/mol. The number of hydrogen-bond acceptors (Lipinski definition) is 5. The Balaban J connectivity index is 2.24. The lowest BCUT2D eigenvalue weighted by Gasteiger charge is -2.00. The molecule has 0 amide bonds. The number of nitrogens with two attached hydrogens (primary N) is 1. The van der Waals surface area contributed by atoms with E-state index in [1.807, 2.05) is 29.6 Å². The number of nitrogens with zero attached hydrogens (tertiary/aromatic N) is 2. The quantitative estimate of drug-likeness (QED) is 0.437. The van der Waals surface area contributed by atoms with Gasteiger partial charge >= 0.3 is 0 Å². The van der Waals surface area contributed by atoms with Crippen LogP contribution in [-0.2, 0) is 0 Å². The minimum Gasteiger partial charge on any atom is -0.382 e. The van der Waals surface area contributed by atoms with Crippen LogP contribution in [0.5, 0.6) is 0 Å². The molecule has 1 aromatic carbocycles. The molecule has 0 saturated heterocycles. The van der Waals surface area contributed by atoms with E-state index in [9.17, 15) is 0 Å². The molecule has 0 atom stereocenters. The number of nitriles is 1. The normalized spacial score (nSPS) is 11.1. The summed E-state index contributed by atoms with van der Waals surface area (Å²) in [4.78, 5) is 0. The molecule has 0 fully saturated rings. The van der Waals surface area contributed by atoms with E-state index in [0.717, 1.165) is 15.8 Å². The van der Waals surface area contributed by atoms with Gasteiger partial charge in [0.05, 0.1) is 5.69 Å². The number of thiophene rings is 1. The zero-order chi connectivity index (χ0) is 12.3. The first kappa shape index (κ1) is 11.1. The highest BCUT2D eigenvalue weighted by Gasteiger charge is 2.01. The van der Waals surface area contributed by atoms with Crippen molar-refractivity contribution in [2.45, 2.75) is 0 Å². The molecule has 1 heterocycles. The molecule has 0 bridgehead atoms. The van der Waals surface area contributed by atoms with Crippen molar-refractivity contribution >= 4 is 38.7 Å². The molecule has 5 nitrogen and oxygen atoms in total. The van der Waals surface area contributed by atoms with Crippen molar-refractivity contribution in [1.29, 1.82) is 10.7 Å². The van der Waals surface area contributed by atoms with Gasteiger partial charge in [0.25, 0.3) is 0 Å². The standard InChI is InChI=1S/C11H9N5S/c12-6-9(11(13)14)16-15-8-2-1-7-3-4-17-10(7)5-8/h1-5,15H,(H3,13,14)/b16-9+. The fourth-order valence-corrected chi connectivity index (χ4v) is 2.12. The maximum atomic E-state index is 8.67. The summed E-state index contributed by atoms with van der Waals surface area (Å²) in [5.74, 6) is -0.350. The van der Waals surface area contributed by atoms with Crippen LogP contribution in [0.15, 0.2) is 34.7 Å². The molecule has 0 aliphatic rings. The van der Waals surface area contributed by atoms with Gasteiger partial charge in [-0.05, 0) is 29.0 Å². The minimum absolute atomic E-state index is 0.128. The average molecular weight is 243 g/mol. The lowest BCUT2D eigenvalue weighted by Crippen LogP contribution is -2.21. The third-order valence-electron chi connectivity index (χ3n) is 2.11. The van der Waals surface area contributed by atoms with Gasteiger partial charge in [0.1, 0.15) is 6.07 Å². The number of nitrogens with one attached hydrogen (secondary N) is 2. The van der Waals surface area contributed by atoms with Crippen LogP contribution in [0.2, 0.25) is 0 Å². The van der Waals surface area contributed by atoms with Crippen molar-refractivity contribution in [2.75, 3.05) is 5.43 Å². The highest BCUT2D eigenvalue weighted by molar-refractivity contribution is 7.17. The summed E-state index contributed by atoms with van der Waals surface area (Å²) >= 11 is 1.63. The van der Waals surface area contributed by atoms with Gasteiger partial charge in [-0.25, -0.2) is 0 Å². The van der Waals surface area contributed by atoms with Crippen molar-refractivity contribution in [3.05, 3.63) is 29.6 Å². The summed E-state index contributed by atoms with van der Waals surface area (Å²) in [5.41, 5.74) is 8.52. The lowest BCUT2D eigenvalue weighted by atomic mass is 10.2. The Morgan fingerprint density at radius 2 is 2.29 bits per heavy atom. The molecule has 0 unspecified atom stereocenters. The third kappa shape index (κ3) is 2.41. The van der Waals surface area contributed by atoms with E-state index in [0.29, 0.717) is 0 Å². The maximum absolute atomic E-state index is 8.67. The van der Waals surface area contributed by atoms with E-state index >= 15 is 0 Å². The number of hydrogen-bond donors (Lipinski definition) is 3. The van der Waals surface area contributed by atoms with Crippen LogP contribution in [0, 0.1) is 16.7 Å². The van der Waals surface area contributed by atoms with Crippen molar-refractivity contribution in [2.24, 2.45) is 10.8 Å². The molecule has 17 heavy (non-hydrogen) atoms. The van der Waals surface area contributed by atoms with E-state index in [1.165, 1.54) is 0 Å². The van der Waals surface area contributed by atoms with Crippen LogP contribution in [0.25, 0.3) is 10.1 Å². The fourth-order valence-electron chi connectivity index (χ4n) is 1.29. The van der Waals surface area contributed by atoms with Gasteiger partial charge in [0.2, 0.25) is 5.71 Å². The molecule has 1 aromatic heterocycles. The average Bonchev–Trinajstić information content (AvgIpc) is 2.76. The lowest BCUT2D eigenvalue weighted by molar-refractivity contribution is 1.34. The molecule has 2 rings (SSSR count). The second-order valence-corrected chi connectivity index (χ2v) is 4.22. The van der Waals surface area contributed by atoms with Gasteiger partial charge in [-0.15, -0.1) is 11.3 Å². The summed E-state index contributed by atoms with van der Waals surface area (Å²) in [6, 6.07) is 9.52. The molecular weight excluding hydrogens is 234 g/mol. The largest absolute Gasteiger partial charge is 0.382 e. The highest BCUT2D eigenvalue weighted by atomic mass is 32.1. The molecule has 84 valence electrons.